The Balaban J connectivity index is 2.09. The van der Waals surface area contributed by atoms with E-state index >= 15 is 0 Å². The fourth-order valence-electron chi connectivity index (χ4n) is 1.56. The number of nitrogens with zero attached hydrogens (tertiary/aromatic N) is 2. The van der Waals surface area contributed by atoms with Gasteiger partial charge in [0.15, 0.2) is 5.82 Å². The molecule has 2 aromatic rings. The minimum Gasteiger partial charge on any atom is -0.376 e. The summed E-state index contributed by atoms with van der Waals surface area (Å²) < 4.78 is 0. The van der Waals surface area contributed by atoms with E-state index in [1.165, 1.54) is 0 Å². The van der Waals surface area contributed by atoms with Crippen molar-refractivity contribution >= 4 is 11.5 Å². The van der Waals surface area contributed by atoms with Gasteiger partial charge in [-0.05, 0) is 24.3 Å². The molecule has 0 aliphatic heterocycles. The van der Waals surface area contributed by atoms with Crippen molar-refractivity contribution in [1.82, 2.24) is 9.97 Å². The number of hydrogen-bond acceptors (Lipinski definition) is 3. The molecule has 0 saturated carbocycles. The molecular weight excluding hydrogens is 200 g/mol. The summed E-state index contributed by atoms with van der Waals surface area (Å²) >= 11 is 0. The van der Waals surface area contributed by atoms with E-state index in [-0.39, 0.29) is 0 Å². The van der Waals surface area contributed by atoms with Crippen molar-refractivity contribution in [3.05, 3.63) is 42.4 Å². The molecule has 0 bridgehead atoms. The van der Waals surface area contributed by atoms with E-state index in [0.717, 1.165) is 23.7 Å². The summed E-state index contributed by atoms with van der Waals surface area (Å²) in [6.07, 6.45) is 3.72. The number of pyridine rings is 1. The van der Waals surface area contributed by atoms with Gasteiger partial charge in [-0.3, -0.25) is 0 Å². The molecule has 0 aliphatic carbocycles. The van der Waals surface area contributed by atoms with Crippen LogP contribution in [0.15, 0.2) is 36.7 Å². The Bertz CT molecular complexity index is 434. The Morgan fingerprint density at radius 2 is 2.19 bits per heavy atom. The lowest BCUT2D eigenvalue weighted by atomic mass is 10.3. The molecule has 0 radical (unpaired) electrons. The summed E-state index contributed by atoms with van der Waals surface area (Å²) in [6, 6.07) is 8.02. The smallest absolute Gasteiger partial charge is 0.151 e. The monoisotopic (exact) mass is 216 g/mol. The van der Waals surface area contributed by atoms with Crippen molar-refractivity contribution < 1.29 is 0 Å². The largest absolute Gasteiger partial charge is 0.376 e. The van der Waals surface area contributed by atoms with Crippen LogP contribution >= 0.6 is 0 Å². The van der Waals surface area contributed by atoms with Crippen molar-refractivity contribution in [2.45, 2.75) is 6.54 Å². The number of nitrogens with one attached hydrogen (secondary N) is 2. The van der Waals surface area contributed by atoms with Gasteiger partial charge in [0, 0.05) is 32.2 Å². The van der Waals surface area contributed by atoms with E-state index in [2.05, 4.69) is 21.4 Å². The minimum atomic E-state index is 0.777. The Morgan fingerprint density at radius 3 is 2.88 bits per heavy atom. The van der Waals surface area contributed by atoms with Gasteiger partial charge in [0.1, 0.15) is 0 Å². The average Bonchev–Trinajstić information content (AvgIpc) is 2.79. The highest BCUT2D eigenvalue weighted by atomic mass is 15.2. The predicted octanol–water partition coefficient (Wildman–Crippen LogP) is 2.09. The standard InChI is InChI=1S/C12H16N4/c1-16(2)12-11(6-4-8-14-12)15-9-10-5-3-7-13-10/h3-8,13,15H,9H2,1-2H3. The van der Waals surface area contributed by atoms with E-state index in [1.54, 1.807) is 6.20 Å². The van der Waals surface area contributed by atoms with Crippen molar-refractivity contribution in [3.8, 4) is 0 Å². The first-order valence-electron chi connectivity index (χ1n) is 5.26. The number of anilines is 2. The lowest BCUT2D eigenvalue weighted by molar-refractivity contribution is 1.03. The van der Waals surface area contributed by atoms with E-state index in [1.807, 2.05) is 43.4 Å². The molecule has 0 aliphatic rings. The Kier molecular flexibility index (Phi) is 3.10. The molecule has 0 unspecified atom stereocenters. The second-order valence-electron chi connectivity index (χ2n) is 3.82. The molecule has 2 rings (SSSR count). The number of hydrogen-bond donors (Lipinski definition) is 2. The molecule has 0 saturated heterocycles. The summed E-state index contributed by atoms with van der Waals surface area (Å²) in [7, 11) is 3.98. The predicted molar refractivity (Wildman–Crippen MR) is 66.7 cm³/mol. The number of aromatic amines is 1. The van der Waals surface area contributed by atoms with Gasteiger partial charge in [-0.2, -0.15) is 0 Å². The van der Waals surface area contributed by atoms with Crippen LogP contribution in [0.5, 0.6) is 0 Å². The molecular formula is C12H16N4. The van der Waals surface area contributed by atoms with Gasteiger partial charge in [-0.15, -0.1) is 0 Å². The molecule has 4 heteroatoms. The van der Waals surface area contributed by atoms with Crippen LogP contribution < -0.4 is 10.2 Å². The molecule has 0 atom stereocenters. The lowest BCUT2D eigenvalue weighted by Gasteiger charge is -2.16. The normalized spacial score (nSPS) is 10.1. The van der Waals surface area contributed by atoms with Gasteiger partial charge >= 0.3 is 0 Å². The molecule has 84 valence electrons. The van der Waals surface area contributed by atoms with Crippen molar-refractivity contribution in [3.63, 3.8) is 0 Å². The third kappa shape index (κ3) is 2.34. The van der Waals surface area contributed by atoms with Crippen molar-refractivity contribution in [1.29, 1.82) is 0 Å². The molecule has 0 fully saturated rings. The zero-order valence-corrected chi connectivity index (χ0v) is 9.57. The third-order valence-electron chi connectivity index (χ3n) is 2.34. The van der Waals surface area contributed by atoms with Gasteiger partial charge in [0.25, 0.3) is 0 Å². The van der Waals surface area contributed by atoms with Gasteiger partial charge < -0.3 is 15.2 Å². The van der Waals surface area contributed by atoms with E-state index < -0.39 is 0 Å². The third-order valence-corrected chi connectivity index (χ3v) is 2.34. The summed E-state index contributed by atoms with van der Waals surface area (Å²) in [5.41, 5.74) is 2.20. The zero-order valence-electron chi connectivity index (χ0n) is 9.57. The van der Waals surface area contributed by atoms with Crippen LogP contribution in [-0.4, -0.2) is 24.1 Å². The molecule has 16 heavy (non-hydrogen) atoms. The summed E-state index contributed by atoms with van der Waals surface area (Å²) in [5, 5.41) is 3.36. The van der Waals surface area contributed by atoms with Crippen LogP contribution in [0.3, 0.4) is 0 Å². The molecule has 2 heterocycles. The zero-order chi connectivity index (χ0) is 11.4. The van der Waals surface area contributed by atoms with Crippen LogP contribution in [0.1, 0.15) is 5.69 Å². The van der Waals surface area contributed by atoms with Crippen LogP contribution in [0, 0.1) is 0 Å². The highest BCUT2D eigenvalue weighted by Crippen LogP contribution is 2.20. The van der Waals surface area contributed by atoms with Crippen molar-refractivity contribution in [2.24, 2.45) is 0 Å². The minimum absolute atomic E-state index is 0.777. The Morgan fingerprint density at radius 1 is 1.31 bits per heavy atom. The highest BCUT2D eigenvalue weighted by molar-refractivity contribution is 5.64. The summed E-state index contributed by atoms with van der Waals surface area (Å²) in [6.45, 7) is 0.777. The van der Waals surface area contributed by atoms with Gasteiger partial charge in [0.05, 0.1) is 12.2 Å². The topological polar surface area (TPSA) is 44.0 Å². The Hall–Kier alpha value is -1.97. The second-order valence-corrected chi connectivity index (χ2v) is 3.82. The van der Waals surface area contributed by atoms with Crippen LogP contribution in [0.4, 0.5) is 11.5 Å². The van der Waals surface area contributed by atoms with E-state index in [0.29, 0.717) is 0 Å². The average molecular weight is 216 g/mol. The highest BCUT2D eigenvalue weighted by Gasteiger charge is 2.04. The van der Waals surface area contributed by atoms with Gasteiger partial charge in [-0.1, -0.05) is 0 Å². The van der Waals surface area contributed by atoms with E-state index in [4.69, 9.17) is 0 Å². The summed E-state index contributed by atoms with van der Waals surface area (Å²) in [4.78, 5) is 9.49. The number of H-pyrrole nitrogens is 1. The van der Waals surface area contributed by atoms with Gasteiger partial charge in [-0.25, -0.2) is 4.98 Å². The fourth-order valence-corrected chi connectivity index (χ4v) is 1.56. The first-order valence-corrected chi connectivity index (χ1v) is 5.26. The Labute approximate surface area is 95.3 Å². The molecule has 0 amide bonds. The van der Waals surface area contributed by atoms with Gasteiger partial charge in [0.2, 0.25) is 0 Å². The van der Waals surface area contributed by atoms with Crippen molar-refractivity contribution in [2.75, 3.05) is 24.3 Å². The number of rotatable bonds is 4. The maximum atomic E-state index is 4.33. The maximum absolute atomic E-state index is 4.33. The van der Waals surface area contributed by atoms with Crippen LogP contribution in [-0.2, 0) is 6.54 Å². The quantitative estimate of drug-likeness (QED) is 0.822. The fraction of sp³-hybridized carbons (Fsp3) is 0.250. The maximum Gasteiger partial charge on any atom is 0.151 e. The first-order chi connectivity index (χ1) is 7.77. The molecule has 0 aromatic carbocycles. The second kappa shape index (κ2) is 4.70. The molecule has 2 aromatic heterocycles. The van der Waals surface area contributed by atoms with Crippen LogP contribution in [0.2, 0.25) is 0 Å². The molecule has 0 spiro atoms. The lowest BCUT2D eigenvalue weighted by Crippen LogP contribution is -2.13. The van der Waals surface area contributed by atoms with E-state index in [9.17, 15) is 0 Å². The van der Waals surface area contributed by atoms with Crippen LogP contribution in [0.25, 0.3) is 0 Å². The number of aromatic nitrogens is 2. The molecule has 2 N–H and O–H groups in total. The summed E-state index contributed by atoms with van der Waals surface area (Å²) in [5.74, 6) is 0.953. The molecule has 4 nitrogen and oxygen atoms in total. The first kappa shape index (κ1) is 10.5. The SMILES string of the molecule is CN(C)c1ncccc1NCc1ccc[nH]1.